The van der Waals surface area contributed by atoms with Crippen molar-refractivity contribution < 1.29 is 23.8 Å². The number of benzene rings is 1. The van der Waals surface area contributed by atoms with Crippen molar-refractivity contribution in [1.82, 2.24) is 4.90 Å². The normalized spacial score (nSPS) is 16.8. The summed E-state index contributed by atoms with van der Waals surface area (Å²) in [6.45, 7) is 2.74. The first-order chi connectivity index (χ1) is 11.6. The van der Waals surface area contributed by atoms with Crippen molar-refractivity contribution in [3.63, 3.8) is 0 Å². The quantitative estimate of drug-likeness (QED) is 0.702. The standard InChI is InChI=1S/C17H23NO5S/c1-4-23-16(20)8-7-15(19)18-9-10-24-17(18)13-6-5-12(21-2)11-14(13)22-3/h5-6,11,17H,4,7-10H2,1-3H3/t17-/m0/s1. The molecule has 2 rings (SSSR count). The maximum absolute atomic E-state index is 12.5. The lowest BCUT2D eigenvalue weighted by Crippen LogP contribution is -2.31. The highest BCUT2D eigenvalue weighted by atomic mass is 32.2. The molecular weight excluding hydrogens is 330 g/mol. The predicted molar refractivity (Wildman–Crippen MR) is 92.3 cm³/mol. The van der Waals surface area contributed by atoms with E-state index in [4.69, 9.17) is 14.2 Å². The van der Waals surface area contributed by atoms with Crippen LogP contribution in [0, 0.1) is 0 Å². The molecule has 24 heavy (non-hydrogen) atoms. The summed E-state index contributed by atoms with van der Waals surface area (Å²) in [4.78, 5) is 25.8. The Morgan fingerprint density at radius 1 is 1.25 bits per heavy atom. The van der Waals surface area contributed by atoms with Crippen molar-refractivity contribution in [2.24, 2.45) is 0 Å². The van der Waals surface area contributed by atoms with Crippen LogP contribution in [0.1, 0.15) is 30.7 Å². The number of carbonyl (C=O) groups is 2. The number of carbonyl (C=O) groups excluding carboxylic acids is 2. The molecule has 0 bridgehead atoms. The van der Waals surface area contributed by atoms with Crippen molar-refractivity contribution in [3.05, 3.63) is 23.8 Å². The molecule has 1 aliphatic heterocycles. The fourth-order valence-corrected chi connectivity index (χ4v) is 3.89. The molecule has 7 heteroatoms. The molecule has 0 N–H and O–H groups in total. The predicted octanol–water partition coefficient (Wildman–Crippen LogP) is 2.62. The molecule has 0 unspecified atom stereocenters. The van der Waals surface area contributed by atoms with Gasteiger partial charge in [-0.3, -0.25) is 9.59 Å². The van der Waals surface area contributed by atoms with Crippen molar-refractivity contribution in [1.29, 1.82) is 0 Å². The van der Waals surface area contributed by atoms with Gasteiger partial charge in [0.2, 0.25) is 5.91 Å². The average molecular weight is 353 g/mol. The van der Waals surface area contributed by atoms with E-state index in [0.29, 0.717) is 24.7 Å². The Hall–Kier alpha value is -1.89. The van der Waals surface area contributed by atoms with Gasteiger partial charge in [-0.05, 0) is 19.1 Å². The molecule has 1 aromatic rings. The van der Waals surface area contributed by atoms with E-state index in [1.54, 1.807) is 37.8 Å². The molecule has 0 saturated carbocycles. The van der Waals surface area contributed by atoms with E-state index in [2.05, 4.69) is 0 Å². The zero-order valence-electron chi connectivity index (χ0n) is 14.2. The average Bonchev–Trinajstić information content (AvgIpc) is 3.08. The van der Waals surface area contributed by atoms with Gasteiger partial charge >= 0.3 is 5.97 Å². The summed E-state index contributed by atoms with van der Waals surface area (Å²) in [6.07, 6.45) is 0.272. The zero-order chi connectivity index (χ0) is 17.5. The Bertz CT molecular complexity index is 592. The van der Waals surface area contributed by atoms with Crippen molar-refractivity contribution >= 4 is 23.6 Å². The maximum Gasteiger partial charge on any atom is 0.306 e. The van der Waals surface area contributed by atoms with Crippen LogP contribution in [-0.4, -0.2) is 49.9 Å². The molecular formula is C17H23NO5S. The van der Waals surface area contributed by atoms with Gasteiger partial charge in [0.1, 0.15) is 16.9 Å². The van der Waals surface area contributed by atoms with Crippen LogP contribution in [-0.2, 0) is 14.3 Å². The third kappa shape index (κ3) is 4.35. The lowest BCUT2D eigenvalue weighted by molar-refractivity contribution is -0.145. The lowest BCUT2D eigenvalue weighted by atomic mass is 10.1. The monoisotopic (exact) mass is 353 g/mol. The van der Waals surface area contributed by atoms with E-state index in [9.17, 15) is 9.59 Å². The van der Waals surface area contributed by atoms with E-state index in [1.165, 1.54) is 0 Å². The summed E-state index contributed by atoms with van der Waals surface area (Å²) in [5.41, 5.74) is 0.935. The Kier molecular flexibility index (Phi) is 6.78. The molecule has 0 spiro atoms. The number of hydrogen-bond acceptors (Lipinski definition) is 6. The van der Waals surface area contributed by atoms with Gasteiger partial charge in [-0.15, -0.1) is 11.8 Å². The van der Waals surface area contributed by atoms with Crippen LogP contribution < -0.4 is 9.47 Å². The largest absolute Gasteiger partial charge is 0.497 e. The maximum atomic E-state index is 12.5. The third-order valence-corrected chi connectivity index (χ3v) is 5.01. The fraction of sp³-hybridized carbons (Fsp3) is 0.529. The van der Waals surface area contributed by atoms with Gasteiger partial charge in [0, 0.05) is 30.3 Å². The number of methoxy groups -OCH3 is 2. The van der Waals surface area contributed by atoms with Crippen LogP contribution in [0.3, 0.4) is 0 Å². The van der Waals surface area contributed by atoms with Crippen LogP contribution in [0.5, 0.6) is 11.5 Å². The molecule has 1 saturated heterocycles. The van der Waals surface area contributed by atoms with E-state index < -0.39 is 0 Å². The fourth-order valence-electron chi connectivity index (χ4n) is 2.59. The summed E-state index contributed by atoms with van der Waals surface area (Å²) >= 11 is 1.69. The third-order valence-electron chi connectivity index (χ3n) is 3.77. The molecule has 132 valence electrons. The molecule has 1 fully saturated rings. The van der Waals surface area contributed by atoms with E-state index in [-0.39, 0.29) is 30.1 Å². The summed E-state index contributed by atoms with van der Waals surface area (Å²) in [5, 5.41) is -0.111. The number of ether oxygens (including phenoxy) is 3. The second kappa shape index (κ2) is 8.82. The highest BCUT2D eigenvalue weighted by Crippen LogP contribution is 2.43. The molecule has 0 aliphatic carbocycles. The van der Waals surface area contributed by atoms with Crippen LogP contribution >= 0.6 is 11.8 Å². The van der Waals surface area contributed by atoms with Gasteiger partial charge in [-0.1, -0.05) is 0 Å². The highest BCUT2D eigenvalue weighted by Gasteiger charge is 2.32. The van der Waals surface area contributed by atoms with Gasteiger partial charge < -0.3 is 19.1 Å². The van der Waals surface area contributed by atoms with E-state index >= 15 is 0 Å². The lowest BCUT2D eigenvalue weighted by Gasteiger charge is -2.25. The minimum atomic E-state index is -0.337. The number of hydrogen-bond donors (Lipinski definition) is 0. The molecule has 1 amide bonds. The van der Waals surface area contributed by atoms with Crippen molar-refractivity contribution in [2.75, 3.05) is 33.1 Å². The van der Waals surface area contributed by atoms with Crippen molar-refractivity contribution in [3.8, 4) is 11.5 Å². The summed E-state index contributed by atoms with van der Waals surface area (Å²) in [6, 6.07) is 5.60. The smallest absolute Gasteiger partial charge is 0.306 e. The van der Waals surface area contributed by atoms with Crippen LogP contribution in [0.15, 0.2) is 18.2 Å². The Labute approximate surface area is 146 Å². The zero-order valence-corrected chi connectivity index (χ0v) is 15.1. The number of thioether (sulfide) groups is 1. The molecule has 1 aromatic carbocycles. The van der Waals surface area contributed by atoms with Gasteiger partial charge in [-0.25, -0.2) is 0 Å². The Morgan fingerprint density at radius 2 is 2.04 bits per heavy atom. The van der Waals surface area contributed by atoms with Gasteiger partial charge in [-0.2, -0.15) is 0 Å². The van der Waals surface area contributed by atoms with E-state index in [1.807, 2.05) is 18.2 Å². The second-order valence-corrected chi connectivity index (χ2v) is 6.41. The topological polar surface area (TPSA) is 65.1 Å². The summed E-state index contributed by atoms with van der Waals surface area (Å²) in [7, 11) is 3.20. The number of nitrogens with zero attached hydrogens (tertiary/aromatic N) is 1. The first kappa shape index (κ1) is 18.4. The first-order valence-corrected chi connectivity index (χ1v) is 8.94. The molecule has 0 radical (unpaired) electrons. The second-order valence-electron chi connectivity index (χ2n) is 5.22. The van der Waals surface area contributed by atoms with Gasteiger partial charge in [0.05, 0.1) is 27.2 Å². The van der Waals surface area contributed by atoms with Crippen LogP contribution in [0.25, 0.3) is 0 Å². The number of amides is 1. The molecule has 1 heterocycles. The highest BCUT2D eigenvalue weighted by molar-refractivity contribution is 7.99. The van der Waals surface area contributed by atoms with Gasteiger partial charge in [0.25, 0.3) is 0 Å². The van der Waals surface area contributed by atoms with E-state index in [0.717, 1.165) is 11.3 Å². The SMILES string of the molecule is CCOC(=O)CCC(=O)N1CCS[C@H]1c1ccc(OC)cc1OC. The summed E-state index contributed by atoms with van der Waals surface area (Å²) in [5.74, 6) is 1.87. The Morgan fingerprint density at radius 3 is 2.71 bits per heavy atom. The van der Waals surface area contributed by atoms with Crippen molar-refractivity contribution in [2.45, 2.75) is 25.1 Å². The summed E-state index contributed by atoms with van der Waals surface area (Å²) < 4.78 is 15.6. The minimum Gasteiger partial charge on any atom is -0.497 e. The number of rotatable bonds is 7. The molecule has 0 aromatic heterocycles. The van der Waals surface area contributed by atoms with Gasteiger partial charge in [0.15, 0.2) is 0 Å². The number of esters is 1. The first-order valence-electron chi connectivity index (χ1n) is 7.89. The Balaban J connectivity index is 2.10. The minimum absolute atomic E-state index is 0.0454. The molecule has 6 nitrogen and oxygen atoms in total. The molecule has 1 aliphatic rings. The van der Waals surface area contributed by atoms with Crippen LogP contribution in [0.2, 0.25) is 0 Å². The molecule has 1 atom stereocenters. The van der Waals surface area contributed by atoms with Crippen LogP contribution in [0.4, 0.5) is 0 Å².